The molecule has 2 aromatic carbocycles. The van der Waals surface area contributed by atoms with Crippen molar-refractivity contribution in [2.24, 2.45) is 0 Å². The highest BCUT2D eigenvalue weighted by atomic mass is 32.1. The molecule has 0 aliphatic carbocycles. The summed E-state index contributed by atoms with van der Waals surface area (Å²) in [5, 5.41) is 23.2. The second-order valence-electron chi connectivity index (χ2n) is 5.30. The van der Waals surface area contributed by atoms with Gasteiger partial charge >= 0.3 is 0 Å². The maximum atomic E-state index is 11.9. The molecule has 29 heavy (non-hydrogen) atoms. The number of hydrogen-bond acceptors (Lipinski definition) is 8. The predicted octanol–water partition coefficient (Wildman–Crippen LogP) is 1.22. The van der Waals surface area contributed by atoms with E-state index in [0.29, 0.717) is 0 Å². The third kappa shape index (κ3) is 6.51. The molecule has 3 N–H and O–H groups in total. The van der Waals surface area contributed by atoms with E-state index in [1.165, 1.54) is 48.5 Å². The van der Waals surface area contributed by atoms with E-state index in [2.05, 4.69) is 16.2 Å². The number of benzene rings is 2. The maximum Gasteiger partial charge on any atom is 0.269 e. The fourth-order valence-electron chi connectivity index (χ4n) is 1.93. The fourth-order valence-corrected chi connectivity index (χ4v) is 2.09. The van der Waals surface area contributed by atoms with Crippen molar-refractivity contribution in [3.8, 4) is 5.75 Å². The Bertz CT molecular complexity index is 947. The highest BCUT2D eigenvalue weighted by molar-refractivity contribution is 7.80. The SMILES string of the molecule is O=C(COc1ccc([N+](=O)[O-])cc1)NC(=S)NNC(=O)c1ccc([N+](=O)[O-])cc1. The molecule has 2 aromatic rings. The average Bonchev–Trinajstić information content (AvgIpc) is 2.70. The highest BCUT2D eigenvalue weighted by Gasteiger charge is 2.11. The molecule has 0 atom stereocenters. The molecule has 0 saturated carbocycles. The molecule has 0 aromatic heterocycles. The lowest BCUT2D eigenvalue weighted by Crippen LogP contribution is -2.49. The number of hydrogen-bond donors (Lipinski definition) is 3. The van der Waals surface area contributed by atoms with E-state index in [1.54, 1.807) is 0 Å². The minimum absolute atomic E-state index is 0.115. The van der Waals surface area contributed by atoms with Crippen molar-refractivity contribution < 1.29 is 24.2 Å². The molecule has 13 heteroatoms. The van der Waals surface area contributed by atoms with Crippen LogP contribution >= 0.6 is 12.2 Å². The van der Waals surface area contributed by atoms with Gasteiger partial charge in [0.2, 0.25) is 0 Å². The van der Waals surface area contributed by atoms with Crippen molar-refractivity contribution in [1.82, 2.24) is 16.2 Å². The van der Waals surface area contributed by atoms with Crippen LogP contribution in [0, 0.1) is 20.2 Å². The standard InChI is InChI=1S/C16H13N5O7S/c22-14(9-28-13-7-5-12(6-8-13)21(26)27)17-16(29)19-18-15(23)10-1-3-11(4-2-10)20(24)25/h1-8H,9H2,(H,18,23)(H2,17,19,22,29). The van der Waals surface area contributed by atoms with Crippen molar-refractivity contribution >= 4 is 40.5 Å². The molecule has 0 radical (unpaired) electrons. The Morgan fingerprint density at radius 1 is 0.897 bits per heavy atom. The number of ether oxygens (including phenoxy) is 1. The van der Waals surface area contributed by atoms with Gasteiger partial charge in [0.05, 0.1) is 9.85 Å². The van der Waals surface area contributed by atoms with E-state index in [1.807, 2.05) is 0 Å². The van der Waals surface area contributed by atoms with Gasteiger partial charge in [0, 0.05) is 29.8 Å². The first-order valence-corrected chi connectivity index (χ1v) is 8.19. The van der Waals surface area contributed by atoms with Crippen LogP contribution in [0.15, 0.2) is 48.5 Å². The molecule has 0 heterocycles. The van der Waals surface area contributed by atoms with Crippen molar-refractivity contribution in [1.29, 1.82) is 0 Å². The molecule has 2 amide bonds. The summed E-state index contributed by atoms with van der Waals surface area (Å²) >= 11 is 4.85. The first-order chi connectivity index (χ1) is 13.8. The Labute approximate surface area is 168 Å². The van der Waals surface area contributed by atoms with Crippen LogP contribution in [0.1, 0.15) is 10.4 Å². The van der Waals surface area contributed by atoms with Crippen LogP contribution in [0.25, 0.3) is 0 Å². The van der Waals surface area contributed by atoms with Gasteiger partial charge in [-0.15, -0.1) is 0 Å². The summed E-state index contributed by atoms with van der Waals surface area (Å²) in [6, 6.07) is 10.00. The van der Waals surface area contributed by atoms with Crippen LogP contribution in [-0.2, 0) is 4.79 Å². The molecule has 12 nitrogen and oxygen atoms in total. The molecule has 0 bridgehead atoms. The van der Waals surface area contributed by atoms with Crippen molar-refractivity contribution in [3.63, 3.8) is 0 Å². The van der Waals surface area contributed by atoms with E-state index in [4.69, 9.17) is 17.0 Å². The number of non-ortho nitro benzene ring substituents is 2. The first kappa shape index (κ1) is 21.2. The number of amides is 2. The van der Waals surface area contributed by atoms with Gasteiger partial charge in [-0.25, -0.2) is 0 Å². The van der Waals surface area contributed by atoms with E-state index in [0.717, 1.165) is 0 Å². The van der Waals surface area contributed by atoms with Gasteiger partial charge < -0.3 is 4.74 Å². The Balaban J connectivity index is 1.75. The van der Waals surface area contributed by atoms with E-state index >= 15 is 0 Å². The highest BCUT2D eigenvalue weighted by Crippen LogP contribution is 2.17. The zero-order valence-electron chi connectivity index (χ0n) is 14.5. The summed E-state index contributed by atoms with van der Waals surface area (Å²) in [6.45, 7) is -0.421. The quantitative estimate of drug-likeness (QED) is 0.354. The predicted molar refractivity (Wildman–Crippen MR) is 103 cm³/mol. The molecular weight excluding hydrogens is 406 g/mol. The summed E-state index contributed by atoms with van der Waals surface area (Å²) < 4.78 is 5.16. The number of nitrogens with one attached hydrogen (secondary N) is 3. The number of rotatable bonds is 6. The van der Waals surface area contributed by atoms with Gasteiger partial charge in [-0.3, -0.25) is 46.0 Å². The van der Waals surface area contributed by atoms with Crippen LogP contribution < -0.4 is 20.9 Å². The van der Waals surface area contributed by atoms with Crippen molar-refractivity contribution in [2.75, 3.05) is 6.61 Å². The second kappa shape index (κ2) is 9.70. The number of nitro benzene ring substituents is 2. The van der Waals surface area contributed by atoms with Crippen molar-refractivity contribution in [3.05, 3.63) is 74.3 Å². The lowest BCUT2D eigenvalue weighted by atomic mass is 10.2. The van der Waals surface area contributed by atoms with E-state index < -0.39 is 28.3 Å². The molecule has 0 aliphatic rings. The summed E-state index contributed by atoms with van der Waals surface area (Å²) in [7, 11) is 0. The van der Waals surface area contributed by atoms with Crippen LogP contribution in [0.2, 0.25) is 0 Å². The summed E-state index contributed by atoms with van der Waals surface area (Å²) in [5.74, 6) is -1.01. The fraction of sp³-hybridized carbons (Fsp3) is 0.0625. The number of nitrogens with zero attached hydrogens (tertiary/aromatic N) is 2. The normalized spacial score (nSPS) is 9.79. The van der Waals surface area contributed by atoms with Gasteiger partial charge in [-0.05, 0) is 36.5 Å². The molecule has 0 unspecified atom stereocenters. The third-order valence-electron chi connectivity index (χ3n) is 3.30. The third-order valence-corrected chi connectivity index (χ3v) is 3.50. The minimum atomic E-state index is -0.634. The van der Waals surface area contributed by atoms with Gasteiger partial charge in [-0.1, -0.05) is 0 Å². The van der Waals surface area contributed by atoms with Gasteiger partial charge in [0.15, 0.2) is 11.7 Å². The van der Waals surface area contributed by atoms with E-state index in [-0.39, 0.29) is 27.8 Å². The number of thiocarbonyl (C=S) groups is 1. The second-order valence-corrected chi connectivity index (χ2v) is 5.71. The molecule has 0 spiro atoms. The topological polar surface area (TPSA) is 166 Å². The first-order valence-electron chi connectivity index (χ1n) is 7.78. The lowest BCUT2D eigenvalue weighted by molar-refractivity contribution is -0.385. The average molecular weight is 419 g/mol. The van der Waals surface area contributed by atoms with E-state index in [9.17, 15) is 29.8 Å². The number of carbonyl (C=O) groups excluding carboxylic acids is 2. The molecule has 0 saturated heterocycles. The Hall–Kier alpha value is -4.13. The number of hydrazine groups is 1. The Kier molecular flexibility index (Phi) is 7.08. The zero-order chi connectivity index (χ0) is 21.4. The number of carbonyl (C=O) groups is 2. The maximum absolute atomic E-state index is 11.9. The molecule has 2 rings (SSSR count). The van der Waals surface area contributed by atoms with Crippen molar-refractivity contribution in [2.45, 2.75) is 0 Å². The zero-order valence-corrected chi connectivity index (χ0v) is 15.3. The summed E-state index contributed by atoms with van der Waals surface area (Å²) in [6.07, 6.45) is 0. The molecule has 0 fully saturated rings. The Morgan fingerprint density at radius 3 is 1.93 bits per heavy atom. The minimum Gasteiger partial charge on any atom is -0.484 e. The largest absolute Gasteiger partial charge is 0.484 e. The van der Waals surface area contributed by atoms with Gasteiger partial charge in [-0.2, -0.15) is 0 Å². The Morgan fingerprint density at radius 2 is 1.41 bits per heavy atom. The molecular formula is C16H13N5O7S. The lowest BCUT2D eigenvalue weighted by Gasteiger charge is -2.11. The van der Waals surface area contributed by atoms with Crippen LogP contribution in [0.5, 0.6) is 5.75 Å². The van der Waals surface area contributed by atoms with Gasteiger partial charge in [0.25, 0.3) is 23.2 Å². The van der Waals surface area contributed by atoms with Gasteiger partial charge in [0.1, 0.15) is 5.75 Å². The molecule has 150 valence electrons. The van der Waals surface area contributed by atoms with Crippen LogP contribution in [0.4, 0.5) is 11.4 Å². The monoisotopic (exact) mass is 419 g/mol. The van der Waals surface area contributed by atoms with Crippen LogP contribution in [0.3, 0.4) is 0 Å². The summed E-state index contributed by atoms with van der Waals surface area (Å²) in [4.78, 5) is 43.7. The summed E-state index contributed by atoms with van der Waals surface area (Å²) in [5.41, 5.74) is 4.39. The number of nitro groups is 2. The smallest absolute Gasteiger partial charge is 0.269 e. The molecule has 0 aliphatic heterocycles. The van der Waals surface area contributed by atoms with Crippen LogP contribution in [-0.4, -0.2) is 33.4 Å².